The Morgan fingerprint density at radius 2 is 0.635 bits per heavy atom. The second-order valence-electron chi connectivity index (χ2n) is 25.6. The van der Waals surface area contributed by atoms with Gasteiger partial charge in [-0.05, 0) is 179 Å². The molecule has 0 radical (unpaired) electrons. The molecule has 2 aliphatic heterocycles. The van der Waals surface area contributed by atoms with Gasteiger partial charge in [-0.2, -0.15) is 0 Å². The molecular weight excluding hydrogens is 1300 g/mol. The van der Waals surface area contributed by atoms with Gasteiger partial charge < -0.3 is 60.2 Å². The first-order chi connectivity index (χ1) is 50.4. The number of carbonyl (C=O) groups excluding carboxylic acids is 2. The van der Waals surface area contributed by atoms with Crippen LogP contribution in [0, 0.1) is 27.7 Å². The van der Waals surface area contributed by atoms with Crippen LogP contribution in [0.1, 0.15) is 149 Å². The Morgan fingerprint density at radius 3 is 0.962 bits per heavy atom. The topological polar surface area (TPSA) is 241 Å². The molecule has 0 unspecified atom stereocenters. The second-order valence-corrected chi connectivity index (χ2v) is 25.6. The number of aliphatic imine (C=N–C) groups is 2. The van der Waals surface area contributed by atoms with Gasteiger partial charge in [0.05, 0.1) is 26.2 Å². The largest absolute Gasteiger partial charge is 0.507 e. The molecule has 2 aliphatic rings. The predicted molar refractivity (Wildman–Crippen MR) is 412 cm³/mol. The number of ether oxygens (including phenoxy) is 4. The van der Waals surface area contributed by atoms with E-state index in [1.165, 1.54) is 0 Å². The summed E-state index contributed by atoms with van der Waals surface area (Å²) in [5.74, 6) is 4.27. The zero-order valence-corrected chi connectivity index (χ0v) is 60.8. The summed E-state index contributed by atoms with van der Waals surface area (Å²) in [6, 6.07) is 60.9. The molecular formula is C88H96N4O12. The van der Waals surface area contributed by atoms with Crippen LogP contribution in [0.2, 0.25) is 0 Å². The van der Waals surface area contributed by atoms with Gasteiger partial charge in [0.15, 0.2) is 0 Å². The summed E-state index contributed by atoms with van der Waals surface area (Å²) in [6.45, 7) is 19.6. The lowest BCUT2D eigenvalue weighted by molar-refractivity contribution is 0.0946. The maximum absolute atomic E-state index is 13.0. The van der Waals surface area contributed by atoms with Crippen molar-refractivity contribution in [1.82, 2.24) is 10.6 Å². The van der Waals surface area contributed by atoms with Crippen LogP contribution in [-0.4, -0.2) is 107 Å². The molecule has 10 aromatic carbocycles. The van der Waals surface area contributed by atoms with Crippen molar-refractivity contribution in [2.45, 2.75) is 107 Å². The summed E-state index contributed by atoms with van der Waals surface area (Å²) in [7, 11) is 0. The molecule has 2 amide bonds. The number of hydrogen-bond donors (Lipinski definition) is 8. The van der Waals surface area contributed by atoms with Crippen LogP contribution in [0.5, 0.6) is 46.0 Å². The molecule has 540 valence electrons. The molecule has 0 atom stereocenters. The highest BCUT2D eigenvalue weighted by Crippen LogP contribution is 2.35. The SMILES string of the molecule is CCc1cccc(Cc2cccc(C)c2O)c1O.CCc1cccc(Cc2cccc(C)c2O)c1O.CCc1cccc(Cc2cccc(C)c2OCCNC(=O)c2cccc(C(=O)NCCOc3c(C)cccc3Cc3cccc(CC)c3O)c2)c1O.c1cc(C2=NCCO2)cc(C2=NCCO2)c1. The van der Waals surface area contributed by atoms with Crippen molar-refractivity contribution in [2.75, 3.05) is 52.6 Å². The van der Waals surface area contributed by atoms with Gasteiger partial charge in [0, 0.05) is 47.9 Å². The molecule has 16 nitrogen and oxygen atoms in total. The fourth-order valence-corrected chi connectivity index (χ4v) is 12.4. The molecule has 16 heteroatoms. The van der Waals surface area contributed by atoms with Crippen LogP contribution in [0.4, 0.5) is 0 Å². The van der Waals surface area contributed by atoms with Crippen LogP contribution in [0.3, 0.4) is 0 Å². The fourth-order valence-electron chi connectivity index (χ4n) is 12.4. The van der Waals surface area contributed by atoms with Gasteiger partial charge in [0.25, 0.3) is 11.8 Å². The minimum absolute atomic E-state index is 0.250. The highest BCUT2D eigenvalue weighted by molar-refractivity contribution is 6.01. The molecule has 12 rings (SSSR count). The minimum Gasteiger partial charge on any atom is -0.507 e. The first kappa shape index (κ1) is 76.7. The molecule has 10 aromatic rings. The number of hydrogen-bond acceptors (Lipinski definition) is 14. The summed E-state index contributed by atoms with van der Waals surface area (Å²) in [4.78, 5) is 34.6. The van der Waals surface area contributed by atoms with Crippen molar-refractivity contribution in [1.29, 1.82) is 0 Å². The molecule has 0 saturated heterocycles. The maximum atomic E-state index is 13.0. The van der Waals surface area contributed by atoms with Crippen LogP contribution < -0.4 is 20.1 Å². The second kappa shape index (κ2) is 37.9. The number of rotatable bonds is 24. The average molecular weight is 1400 g/mol. The number of para-hydroxylation sites is 8. The lowest BCUT2D eigenvalue weighted by Crippen LogP contribution is -2.30. The molecule has 0 aliphatic carbocycles. The Labute approximate surface area is 611 Å². The number of phenolic OH excluding ortho intramolecular Hbond substituents is 6. The molecule has 8 N–H and O–H groups in total. The normalized spacial score (nSPS) is 12.0. The quantitative estimate of drug-likeness (QED) is 0.0264. The third kappa shape index (κ3) is 20.4. The van der Waals surface area contributed by atoms with E-state index >= 15 is 0 Å². The van der Waals surface area contributed by atoms with Crippen molar-refractivity contribution in [3.8, 4) is 46.0 Å². The number of amides is 2. The van der Waals surface area contributed by atoms with E-state index in [4.69, 9.17) is 18.9 Å². The first-order valence-corrected chi connectivity index (χ1v) is 35.7. The molecule has 0 spiro atoms. The van der Waals surface area contributed by atoms with Gasteiger partial charge in [-0.1, -0.05) is 185 Å². The van der Waals surface area contributed by atoms with Crippen molar-refractivity contribution < 1.29 is 59.2 Å². The number of phenols is 6. The smallest absolute Gasteiger partial charge is 0.251 e. The number of aromatic hydroxyl groups is 6. The highest BCUT2D eigenvalue weighted by atomic mass is 16.5. The van der Waals surface area contributed by atoms with Crippen molar-refractivity contribution >= 4 is 23.6 Å². The summed E-state index contributed by atoms with van der Waals surface area (Å²) < 4.78 is 23.1. The van der Waals surface area contributed by atoms with E-state index in [-0.39, 0.29) is 38.1 Å². The van der Waals surface area contributed by atoms with Crippen LogP contribution in [0.15, 0.2) is 204 Å². The zero-order chi connectivity index (χ0) is 74.1. The number of nitrogens with zero attached hydrogens (tertiary/aromatic N) is 2. The standard InChI is InChI=1S/C44H48N2O6.2C16H18O2.C12H12N2O2/c1-5-31-14-9-16-33(39(31)47)26-35-18-7-12-29(3)41(35)51-24-22-45-43(49)37-20-11-21-38(28-37)44(50)46-23-25-52-42-30(4)13-8-19-36(42)27-34-17-10-15-32(6-2)40(34)48;2*1-3-12-7-5-9-14(16(12)18)10-13-8-4-6-11(2)15(13)17;1-2-9(11-13-4-6-15-11)8-10(3-1)12-14-5-7-16-12/h7-21,28,47-48H,5-6,22-27H2,1-4H3,(H,45,49)(H,46,50);2*4-9,17-18H,3,10H2,1-2H3;1-3,8H,4-7H2. The third-order valence-corrected chi connectivity index (χ3v) is 18.3. The monoisotopic (exact) mass is 1400 g/mol. The van der Waals surface area contributed by atoms with Crippen molar-refractivity contribution in [3.05, 3.63) is 305 Å². The maximum Gasteiger partial charge on any atom is 0.251 e. The van der Waals surface area contributed by atoms with Crippen LogP contribution >= 0.6 is 0 Å². The highest BCUT2D eigenvalue weighted by Gasteiger charge is 2.19. The average Bonchev–Trinajstić information content (AvgIpc) is 0.853. The van der Waals surface area contributed by atoms with Crippen LogP contribution in [-0.2, 0) is 60.8 Å². The molecule has 0 aromatic heterocycles. The number of nitrogens with one attached hydrogen (secondary N) is 2. The Morgan fingerprint density at radius 1 is 0.356 bits per heavy atom. The lowest BCUT2D eigenvalue weighted by Gasteiger charge is -2.16. The molecule has 0 bridgehead atoms. The van der Waals surface area contributed by atoms with E-state index in [2.05, 4.69) is 20.6 Å². The van der Waals surface area contributed by atoms with Gasteiger partial charge in [-0.25, -0.2) is 9.98 Å². The van der Waals surface area contributed by atoms with Gasteiger partial charge >= 0.3 is 0 Å². The number of carbonyl (C=O) groups is 2. The molecule has 2 heterocycles. The van der Waals surface area contributed by atoms with Gasteiger partial charge in [-0.3, -0.25) is 9.59 Å². The minimum atomic E-state index is -0.310. The van der Waals surface area contributed by atoms with Gasteiger partial charge in [0.1, 0.15) is 72.4 Å². The van der Waals surface area contributed by atoms with Crippen molar-refractivity contribution in [3.63, 3.8) is 0 Å². The first-order valence-electron chi connectivity index (χ1n) is 35.7. The molecule has 0 saturated carbocycles. The molecule has 0 fully saturated rings. The van der Waals surface area contributed by atoms with E-state index in [1.54, 1.807) is 24.3 Å². The summed E-state index contributed by atoms with van der Waals surface area (Å²) in [5, 5.41) is 67.4. The van der Waals surface area contributed by atoms with E-state index in [9.17, 15) is 40.2 Å². The van der Waals surface area contributed by atoms with Gasteiger partial charge in [-0.15, -0.1) is 0 Å². The van der Waals surface area contributed by atoms with Crippen LogP contribution in [0.25, 0.3) is 0 Å². The Kier molecular flexibility index (Phi) is 28.0. The van der Waals surface area contributed by atoms with E-state index in [0.29, 0.717) is 84.5 Å². The van der Waals surface area contributed by atoms with Crippen molar-refractivity contribution in [2.24, 2.45) is 9.98 Å². The number of benzene rings is 10. The van der Waals surface area contributed by atoms with E-state index in [0.717, 1.165) is 162 Å². The predicted octanol–water partition coefficient (Wildman–Crippen LogP) is 16.0. The lowest BCUT2D eigenvalue weighted by atomic mass is 9.98. The van der Waals surface area contributed by atoms with Gasteiger partial charge in [0.2, 0.25) is 11.8 Å². The summed E-state index contributed by atoms with van der Waals surface area (Å²) in [6.07, 6.45) is 5.25. The van der Waals surface area contributed by atoms with E-state index in [1.807, 2.05) is 225 Å². The van der Waals surface area contributed by atoms with E-state index < -0.39 is 0 Å². The fraction of sp³-hybridized carbons (Fsp3) is 0.273. The summed E-state index contributed by atoms with van der Waals surface area (Å²) in [5.41, 5.74) is 17.1. The Balaban J connectivity index is 0.000000193. The third-order valence-electron chi connectivity index (χ3n) is 18.3. The molecule has 104 heavy (non-hydrogen) atoms. The Hall–Kier alpha value is -11.5. The summed E-state index contributed by atoms with van der Waals surface area (Å²) >= 11 is 0. The zero-order valence-electron chi connectivity index (χ0n) is 60.8. The number of aryl methyl sites for hydroxylation is 8. The Bertz CT molecular complexity index is 4370.